The highest BCUT2D eigenvalue weighted by Gasteiger charge is 2.64. The molecule has 3 aliphatic rings. The van der Waals surface area contributed by atoms with Crippen LogP contribution in [-0.2, 0) is 28.4 Å². The maximum absolute atomic E-state index is 6.23. The summed E-state index contributed by atoms with van der Waals surface area (Å²) in [7, 11) is 2.03. The van der Waals surface area contributed by atoms with E-state index in [0.717, 1.165) is 37.2 Å². The Balaban J connectivity index is 1.58. The van der Waals surface area contributed by atoms with E-state index >= 15 is 0 Å². The highest BCUT2D eigenvalue weighted by atomic mass is 16.7. The van der Waals surface area contributed by atoms with Gasteiger partial charge in [-0.15, -0.1) is 5.10 Å². The average molecular weight is 400 g/mol. The van der Waals surface area contributed by atoms with E-state index in [9.17, 15) is 0 Å². The first-order valence-electron chi connectivity index (χ1n) is 11.0. The van der Waals surface area contributed by atoms with E-state index in [1.807, 2.05) is 22.7 Å². The van der Waals surface area contributed by atoms with Crippen LogP contribution in [0.25, 0.3) is 11.5 Å². The predicted molar refractivity (Wildman–Crippen MR) is 109 cm³/mol. The van der Waals surface area contributed by atoms with Gasteiger partial charge in [-0.25, -0.2) is 9.67 Å². The Bertz CT molecular complexity index is 937. The summed E-state index contributed by atoms with van der Waals surface area (Å²) in [5, 5.41) is 9.80. The lowest BCUT2D eigenvalue weighted by atomic mass is 9.49. The normalized spacial score (nSPS) is 30.0. The Kier molecular flexibility index (Phi) is 4.07. The molecule has 2 aliphatic carbocycles. The van der Waals surface area contributed by atoms with Crippen molar-refractivity contribution in [1.29, 1.82) is 0 Å². The molecular formula is C22H33N5O2. The predicted octanol–water partition coefficient (Wildman–Crippen LogP) is 3.64. The fourth-order valence-corrected chi connectivity index (χ4v) is 6.38. The first-order chi connectivity index (χ1) is 13.7. The number of nitrogens with zero attached hydrogens (tertiary/aromatic N) is 5. The van der Waals surface area contributed by atoms with Crippen molar-refractivity contribution in [3.05, 3.63) is 17.6 Å². The van der Waals surface area contributed by atoms with Gasteiger partial charge in [0.2, 0.25) is 0 Å². The van der Waals surface area contributed by atoms with Gasteiger partial charge in [0.1, 0.15) is 12.0 Å². The maximum atomic E-state index is 6.23. The van der Waals surface area contributed by atoms with E-state index in [4.69, 9.17) is 19.7 Å². The molecule has 1 unspecified atom stereocenters. The van der Waals surface area contributed by atoms with Crippen molar-refractivity contribution in [2.75, 3.05) is 13.2 Å². The van der Waals surface area contributed by atoms with Crippen molar-refractivity contribution >= 4 is 0 Å². The molecule has 158 valence electrons. The maximum Gasteiger partial charge on any atom is 0.199 e. The van der Waals surface area contributed by atoms with Gasteiger partial charge >= 0.3 is 0 Å². The molecule has 1 saturated carbocycles. The van der Waals surface area contributed by atoms with Gasteiger partial charge in [-0.3, -0.25) is 4.68 Å². The van der Waals surface area contributed by atoms with E-state index in [1.165, 1.54) is 11.3 Å². The molecule has 0 radical (unpaired) electrons. The van der Waals surface area contributed by atoms with Crippen LogP contribution in [0.3, 0.4) is 0 Å². The van der Waals surface area contributed by atoms with Crippen LogP contribution < -0.4 is 0 Å². The standard InChI is InChI=1S/C22H33N5O2/c1-14(2)27-13-23-19(25-27)17-15-7-8-16-20(3,4)22(28-11-12-29-22)10-9-21(16,5)18(15)24-26(17)6/h13-14,16H,7-12H2,1-6H3/t16-,21?/m0/s1. The van der Waals surface area contributed by atoms with E-state index in [-0.39, 0.29) is 10.8 Å². The molecule has 2 aromatic rings. The van der Waals surface area contributed by atoms with Gasteiger partial charge in [0.25, 0.3) is 0 Å². The summed E-state index contributed by atoms with van der Waals surface area (Å²) in [5.41, 5.74) is 3.57. The molecular weight excluding hydrogens is 366 g/mol. The number of hydrogen-bond donors (Lipinski definition) is 0. The molecule has 2 fully saturated rings. The Morgan fingerprint density at radius 1 is 1.10 bits per heavy atom. The second-order valence-corrected chi connectivity index (χ2v) is 10.1. The summed E-state index contributed by atoms with van der Waals surface area (Å²) in [6.07, 6.45) is 5.87. The molecule has 0 aromatic carbocycles. The molecule has 7 nitrogen and oxygen atoms in total. The van der Waals surface area contributed by atoms with E-state index in [2.05, 4.69) is 39.6 Å². The fraction of sp³-hybridized carbons (Fsp3) is 0.773. The summed E-state index contributed by atoms with van der Waals surface area (Å²) in [6.45, 7) is 12.7. The van der Waals surface area contributed by atoms with Gasteiger partial charge in [-0.2, -0.15) is 5.10 Å². The number of hydrogen-bond acceptors (Lipinski definition) is 5. The molecule has 1 saturated heterocycles. The SMILES string of the molecule is CC(C)n1cnc(-c2c3c(nn2C)C2(C)CCC4(OCCO4)C(C)(C)[C@@H]2CC3)n1. The molecule has 3 heterocycles. The summed E-state index contributed by atoms with van der Waals surface area (Å²) in [5.74, 6) is 0.799. The number of ether oxygens (including phenoxy) is 2. The molecule has 1 aliphatic heterocycles. The first-order valence-corrected chi connectivity index (χ1v) is 11.0. The Morgan fingerprint density at radius 3 is 2.48 bits per heavy atom. The summed E-state index contributed by atoms with van der Waals surface area (Å²) in [4.78, 5) is 4.61. The summed E-state index contributed by atoms with van der Waals surface area (Å²) >= 11 is 0. The lowest BCUT2D eigenvalue weighted by Gasteiger charge is -2.59. The second kappa shape index (κ2) is 6.14. The number of aryl methyl sites for hydroxylation is 1. The lowest BCUT2D eigenvalue weighted by molar-refractivity contribution is -0.276. The Labute approximate surface area is 172 Å². The zero-order valence-corrected chi connectivity index (χ0v) is 18.5. The molecule has 7 heteroatoms. The van der Waals surface area contributed by atoms with Crippen molar-refractivity contribution in [2.45, 2.75) is 77.5 Å². The van der Waals surface area contributed by atoms with E-state index in [0.29, 0.717) is 25.2 Å². The first kappa shape index (κ1) is 19.2. The molecule has 29 heavy (non-hydrogen) atoms. The highest BCUT2D eigenvalue weighted by Crippen LogP contribution is 2.62. The van der Waals surface area contributed by atoms with Crippen LogP contribution in [0.4, 0.5) is 0 Å². The van der Waals surface area contributed by atoms with Crippen LogP contribution in [-0.4, -0.2) is 43.5 Å². The molecule has 0 amide bonds. The lowest BCUT2D eigenvalue weighted by Crippen LogP contribution is -2.61. The molecule has 5 rings (SSSR count). The van der Waals surface area contributed by atoms with Crippen molar-refractivity contribution in [1.82, 2.24) is 24.5 Å². The Morgan fingerprint density at radius 2 is 1.83 bits per heavy atom. The summed E-state index contributed by atoms with van der Waals surface area (Å²) < 4.78 is 16.4. The fourth-order valence-electron chi connectivity index (χ4n) is 6.38. The molecule has 0 bridgehead atoms. The van der Waals surface area contributed by atoms with Gasteiger partial charge in [0, 0.05) is 35.9 Å². The van der Waals surface area contributed by atoms with Crippen LogP contribution in [0.5, 0.6) is 0 Å². The zero-order chi connectivity index (χ0) is 20.6. The van der Waals surface area contributed by atoms with E-state index < -0.39 is 5.79 Å². The zero-order valence-electron chi connectivity index (χ0n) is 18.5. The molecule has 0 N–H and O–H groups in total. The topological polar surface area (TPSA) is 67.0 Å². The quantitative estimate of drug-likeness (QED) is 0.771. The monoisotopic (exact) mass is 399 g/mol. The minimum Gasteiger partial charge on any atom is -0.347 e. The average Bonchev–Trinajstić information content (AvgIpc) is 3.38. The van der Waals surface area contributed by atoms with Crippen LogP contribution >= 0.6 is 0 Å². The third-order valence-electron chi connectivity index (χ3n) is 7.97. The Hall–Kier alpha value is -1.73. The highest BCUT2D eigenvalue weighted by molar-refractivity contribution is 5.59. The number of rotatable bonds is 2. The number of aromatic nitrogens is 5. The smallest absolute Gasteiger partial charge is 0.199 e. The van der Waals surface area contributed by atoms with Crippen molar-refractivity contribution in [2.24, 2.45) is 18.4 Å². The minimum atomic E-state index is -0.441. The minimum absolute atomic E-state index is 0.00820. The van der Waals surface area contributed by atoms with Gasteiger partial charge in [0.05, 0.1) is 18.9 Å². The van der Waals surface area contributed by atoms with Gasteiger partial charge in [0.15, 0.2) is 11.6 Å². The van der Waals surface area contributed by atoms with Crippen molar-refractivity contribution in [3.8, 4) is 11.5 Å². The van der Waals surface area contributed by atoms with Gasteiger partial charge in [-0.1, -0.05) is 20.8 Å². The molecule has 2 aromatic heterocycles. The van der Waals surface area contributed by atoms with Crippen LogP contribution in [0, 0.1) is 11.3 Å². The van der Waals surface area contributed by atoms with Crippen LogP contribution in [0.1, 0.15) is 71.2 Å². The largest absolute Gasteiger partial charge is 0.347 e. The second-order valence-electron chi connectivity index (χ2n) is 10.1. The third-order valence-corrected chi connectivity index (χ3v) is 7.97. The molecule has 2 atom stereocenters. The van der Waals surface area contributed by atoms with Gasteiger partial charge in [-0.05, 0) is 39.0 Å². The summed E-state index contributed by atoms with van der Waals surface area (Å²) in [6, 6.07) is 0.295. The number of fused-ring (bicyclic) bond motifs is 3. The van der Waals surface area contributed by atoms with Crippen LogP contribution in [0.2, 0.25) is 0 Å². The van der Waals surface area contributed by atoms with E-state index in [1.54, 1.807) is 0 Å². The molecule has 1 spiro atoms. The third kappa shape index (κ3) is 2.46. The van der Waals surface area contributed by atoms with Crippen molar-refractivity contribution in [3.63, 3.8) is 0 Å². The van der Waals surface area contributed by atoms with Crippen LogP contribution in [0.15, 0.2) is 6.33 Å². The van der Waals surface area contributed by atoms with Gasteiger partial charge < -0.3 is 9.47 Å². The van der Waals surface area contributed by atoms with Crippen molar-refractivity contribution < 1.29 is 9.47 Å².